The predicted octanol–water partition coefficient (Wildman–Crippen LogP) is 2.36. The Morgan fingerprint density at radius 2 is 1.87 bits per heavy atom. The monoisotopic (exact) mass is 535 g/mol. The number of carboxylic acids is 1. The van der Waals surface area contributed by atoms with E-state index in [0.717, 1.165) is 11.1 Å². The van der Waals surface area contributed by atoms with E-state index in [1.165, 1.54) is 12.1 Å². The quantitative estimate of drug-likeness (QED) is 0.452. The summed E-state index contributed by atoms with van der Waals surface area (Å²) in [7, 11) is 1.98. The number of aliphatic hydroxyl groups is 1. The number of nitrogens with zero attached hydrogens (tertiary/aromatic N) is 1. The summed E-state index contributed by atoms with van der Waals surface area (Å²) in [6.07, 6.45) is 0.0368. The molecule has 0 amide bonds. The Morgan fingerprint density at radius 3 is 2.62 bits per heavy atom. The maximum atomic E-state index is 12.8. The van der Waals surface area contributed by atoms with E-state index in [1.807, 2.05) is 13.1 Å². The lowest BCUT2D eigenvalue weighted by Crippen LogP contribution is -2.74. The number of piperidine rings is 1. The van der Waals surface area contributed by atoms with Gasteiger partial charge in [0.15, 0.2) is 17.6 Å². The van der Waals surface area contributed by atoms with Crippen molar-refractivity contribution in [2.75, 3.05) is 13.6 Å². The molecule has 4 aliphatic rings. The highest BCUT2D eigenvalue weighted by atomic mass is 16.6. The molecule has 2 aromatic rings. The number of aromatic hydroxyl groups is 1. The van der Waals surface area contributed by atoms with Crippen molar-refractivity contribution >= 4 is 17.9 Å². The predicted molar refractivity (Wildman–Crippen MR) is 135 cm³/mol. The first-order chi connectivity index (χ1) is 18.7. The standard InChI is InChI=1S/C29H29NO9/c1-30-14-13-28-23-17-7-8-18(31)25(23)39-26(28)19(11-12-29(28,36)20(30)15-17)37-21(32)9-10-22(33)38-24(27(34)35)16-5-3-2-4-6-16/h2-8,11,20,24,26,31,36H,9-10,12-15H2,1H3,(H,34,35)/t20-,24-,26-,28-,29+/m0/s1. The highest BCUT2D eigenvalue weighted by Crippen LogP contribution is 2.65. The third-order valence-electron chi connectivity index (χ3n) is 8.69. The van der Waals surface area contributed by atoms with Crippen LogP contribution in [0.2, 0.25) is 0 Å². The van der Waals surface area contributed by atoms with Gasteiger partial charge in [-0.2, -0.15) is 0 Å². The Kier molecular flexibility index (Phi) is 5.92. The van der Waals surface area contributed by atoms with E-state index in [4.69, 9.17) is 14.2 Å². The number of ether oxygens (including phenoxy) is 3. The number of carbonyl (C=O) groups is 3. The lowest BCUT2D eigenvalue weighted by molar-refractivity contribution is -0.170. The van der Waals surface area contributed by atoms with Gasteiger partial charge in [-0.25, -0.2) is 4.79 Å². The Hall–Kier alpha value is -3.89. The minimum atomic E-state index is -1.48. The lowest BCUT2D eigenvalue weighted by Gasteiger charge is -2.61. The number of hydrogen-bond donors (Lipinski definition) is 3. The van der Waals surface area contributed by atoms with Crippen molar-refractivity contribution in [3.63, 3.8) is 0 Å². The second-order valence-electron chi connectivity index (χ2n) is 10.7. The van der Waals surface area contributed by atoms with E-state index < -0.39 is 41.1 Å². The Bertz CT molecular complexity index is 1390. The van der Waals surface area contributed by atoms with Crippen LogP contribution in [0.5, 0.6) is 11.5 Å². The van der Waals surface area contributed by atoms with E-state index in [2.05, 4.69) is 4.90 Å². The first-order valence-electron chi connectivity index (χ1n) is 13.0. The van der Waals surface area contributed by atoms with Crippen LogP contribution in [-0.2, 0) is 35.7 Å². The van der Waals surface area contributed by atoms with Crippen LogP contribution < -0.4 is 4.74 Å². The summed E-state index contributed by atoms with van der Waals surface area (Å²) in [5, 5.41) is 32.2. The molecule has 0 radical (unpaired) electrons. The Balaban J connectivity index is 1.19. The molecule has 0 aromatic heterocycles. The zero-order valence-corrected chi connectivity index (χ0v) is 21.3. The zero-order valence-electron chi connectivity index (χ0n) is 21.3. The Labute approximate surface area is 224 Å². The lowest BCUT2D eigenvalue weighted by atomic mass is 9.50. The summed E-state index contributed by atoms with van der Waals surface area (Å²) in [5.74, 6) is -2.36. The van der Waals surface area contributed by atoms with Gasteiger partial charge >= 0.3 is 17.9 Å². The molecule has 1 fully saturated rings. The van der Waals surface area contributed by atoms with Crippen LogP contribution in [0.15, 0.2) is 54.3 Å². The number of rotatable bonds is 7. The molecule has 2 aliphatic heterocycles. The molecule has 10 heteroatoms. The molecule has 6 rings (SSSR count). The first-order valence-corrected chi connectivity index (χ1v) is 13.0. The highest BCUT2D eigenvalue weighted by molar-refractivity contribution is 5.82. The van der Waals surface area contributed by atoms with Crippen molar-refractivity contribution in [3.05, 3.63) is 71.0 Å². The van der Waals surface area contributed by atoms with Crippen molar-refractivity contribution in [1.29, 1.82) is 0 Å². The van der Waals surface area contributed by atoms with Gasteiger partial charge in [0.05, 0.1) is 23.9 Å². The number of hydrogen-bond acceptors (Lipinski definition) is 9. The second-order valence-corrected chi connectivity index (χ2v) is 10.7. The molecule has 10 nitrogen and oxygen atoms in total. The van der Waals surface area contributed by atoms with E-state index in [9.17, 15) is 29.7 Å². The van der Waals surface area contributed by atoms with Crippen LogP contribution in [0.25, 0.3) is 0 Å². The van der Waals surface area contributed by atoms with Crippen molar-refractivity contribution in [3.8, 4) is 11.5 Å². The molecule has 0 saturated carbocycles. The minimum absolute atomic E-state index is 0.0305. The van der Waals surface area contributed by atoms with Crippen LogP contribution in [0.4, 0.5) is 0 Å². The number of phenols is 1. The average Bonchev–Trinajstić information content (AvgIpc) is 3.28. The van der Waals surface area contributed by atoms with Crippen molar-refractivity contribution in [2.45, 2.75) is 61.4 Å². The number of phenolic OH excluding ortho intramolecular Hbond substituents is 1. The fourth-order valence-electron chi connectivity index (χ4n) is 6.90. The molecule has 2 bridgehead atoms. The number of benzene rings is 2. The average molecular weight is 536 g/mol. The summed E-state index contributed by atoms with van der Waals surface area (Å²) in [5.41, 5.74) is 0.0159. The summed E-state index contributed by atoms with van der Waals surface area (Å²) in [4.78, 5) is 39.0. The molecule has 3 N–H and O–H groups in total. The van der Waals surface area contributed by atoms with E-state index >= 15 is 0 Å². The maximum absolute atomic E-state index is 12.8. The first kappa shape index (κ1) is 25.4. The fourth-order valence-corrected chi connectivity index (χ4v) is 6.90. The third kappa shape index (κ3) is 3.73. The van der Waals surface area contributed by atoms with Gasteiger partial charge in [-0.15, -0.1) is 0 Å². The third-order valence-corrected chi connectivity index (χ3v) is 8.69. The number of carbonyl (C=O) groups excluding carboxylic acids is 2. The molecule has 1 saturated heterocycles. The Morgan fingerprint density at radius 1 is 1.13 bits per heavy atom. The molecule has 1 spiro atoms. The molecule has 0 unspecified atom stereocenters. The van der Waals surface area contributed by atoms with Crippen molar-refractivity contribution in [1.82, 2.24) is 4.90 Å². The number of likely N-dealkylation sites (N-methyl/N-ethyl adjacent to an activating group) is 1. The summed E-state index contributed by atoms with van der Waals surface area (Å²) in [6.45, 7) is 0.695. The number of carboxylic acid groups (broad SMARTS) is 1. The number of likely N-dealkylation sites (tertiary alicyclic amines) is 1. The van der Waals surface area contributed by atoms with Crippen molar-refractivity contribution in [2.24, 2.45) is 0 Å². The second kappa shape index (κ2) is 9.10. The zero-order chi connectivity index (χ0) is 27.5. The number of aliphatic carboxylic acids is 1. The normalized spacial score (nSPS) is 28.9. The van der Waals surface area contributed by atoms with Gasteiger partial charge in [-0.3, -0.25) is 9.59 Å². The summed E-state index contributed by atoms with van der Waals surface area (Å²) < 4.78 is 17.1. The van der Waals surface area contributed by atoms with Gasteiger partial charge in [0.25, 0.3) is 0 Å². The summed E-state index contributed by atoms with van der Waals surface area (Å²) >= 11 is 0. The van der Waals surface area contributed by atoms with Gasteiger partial charge < -0.3 is 34.4 Å². The molecular weight excluding hydrogens is 506 g/mol. The van der Waals surface area contributed by atoms with Gasteiger partial charge in [0.2, 0.25) is 6.10 Å². The highest BCUT2D eigenvalue weighted by Gasteiger charge is 2.72. The fraction of sp³-hybridized carbons (Fsp3) is 0.414. The summed E-state index contributed by atoms with van der Waals surface area (Å²) in [6, 6.07) is 11.4. The van der Waals surface area contributed by atoms with Crippen LogP contribution >= 0.6 is 0 Å². The molecule has 2 aromatic carbocycles. The van der Waals surface area contributed by atoms with E-state index in [1.54, 1.807) is 30.3 Å². The number of esters is 2. The maximum Gasteiger partial charge on any atom is 0.349 e. The topological polar surface area (TPSA) is 143 Å². The van der Waals surface area contributed by atoms with Crippen LogP contribution in [0, 0.1) is 0 Å². The molecule has 5 atom stereocenters. The minimum Gasteiger partial charge on any atom is -0.504 e. The van der Waals surface area contributed by atoms with E-state index in [0.29, 0.717) is 30.7 Å². The molecule has 2 aliphatic carbocycles. The largest absolute Gasteiger partial charge is 0.504 e. The molecule has 204 valence electrons. The van der Waals surface area contributed by atoms with Crippen molar-refractivity contribution < 1.29 is 43.9 Å². The van der Waals surface area contributed by atoms with E-state index in [-0.39, 0.29) is 36.8 Å². The van der Waals surface area contributed by atoms with Crippen LogP contribution in [0.1, 0.15) is 48.5 Å². The molecule has 2 heterocycles. The molecule has 39 heavy (non-hydrogen) atoms. The molecular formula is C29H29NO9. The van der Waals surface area contributed by atoms with Crippen LogP contribution in [-0.4, -0.2) is 69.5 Å². The smallest absolute Gasteiger partial charge is 0.349 e. The van der Waals surface area contributed by atoms with Gasteiger partial charge in [-0.1, -0.05) is 36.4 Å². The van der Waals surface area contributed by atoms with Gasteiger partial charge in [0.1, 0.15) is 5.76 Å². The SMILES string of the molecule is CN1CC[C@]23c4c5ccc(O)c4O[C@H]2C(OC(=O)CCC(=O)O[C@H](C(=O)O)c2ccccc2)=CC[C@@]3(O)[C@@H]1C5. The van der Waals surface area contributed by atoms with Gasteiger partial charge in [-0.05, 0) is 44.1 Å². The van der Waals surface area contributed by atoms with Crippen LogP contribution in [0.3, 0.4) is 0 Å². The van der Waals surface area contributed by atoms with Gasteiger partial charge in [0, 0.05) is 23.6 Å².